The number of benzene rings is 1. The van der Waals surface area contributed by atoms with Crippen molar-refractivity contribution in [2.45, 2.75) is 6.54 Å². The Morgan fingerprint density at radius 3 is 3.00 bits per heavy atom. The van der Waals surface area contributed by atoms with Crippen molar-refractivity contribution < 1.29 is 0 Å². The molecule has 0 spiro atoms. The van der Waals surface area contributed by atoms with Gasteiger partial charge in [-0.05, 0) is 17.7 Å². The summed E-state index contributed by atoms with van der Waals surface area (Å²) in [6, 6.07) is 8.16. The molecule has 2 nitrogen and oxygen atoms in total. The minimum atomic E-state index is 0.491. The Labute approximate surface area is 94.9 Å². The molecule has 0 radical (unpaired) electrons. The lowest BCUT2D eigenvalue weighted by molar-refractivity contribution is 1.01. The zero-order chi connectivity index (χ0) is 9.97. The molecule has 0 saturated heterocycles. The summed E-state index contributed by atoms with van der Waals surface area (Å²) >= 11 is 5.07. The van der Waals surface area contributed by atoms with Gasteiger partial charge >= 0.3 is 0 Å². The van der Waals surface area contributed by atoms with Crippen molar-refractivity contribution in [3.63, 3.8) is 0 Å². The van der Waals surface area contributed by atoms with E-state index in [2.05, 4.69) is 33.0 Å². The predicted octanol–water partition coefficient (Wildman–Crippen LogP) is 3.03. The third-order valence-electron chi connectivity index (χ3n) is 1.92. The number of hydrogen-bond acceptors (Lipinski definition) is 3. The van der Waals surface area contributed by atoms with E-state index in [-0.39, 0.29) is 0 Å². The van der Waals surface area contributed by atoms with Gasteiger partial charge in [0, 0.05) is 11.0 Å². The fraction of sp³-hybridized carbons (Fsp3) is 0.100. The van der Waals surface area contributed by atoms with Crippen LogP contribution in [0.25, 0.3) is 10.4 Å². The Hall–Kier alpha value is -0.710. The second kappa shape index (κ2) is 4.21. The summed E-state index contributed by atoms with van der Waals surface area (Å²) in [5.74, 6) is 0. The van der Waals surface area contributed by atoms with Gasteiger partial charge in [0.2, 0.25) is 0 Å². The van der Waals surface area contributed by atoms with Crippen LogP contribution in [-0.2, 0) is 6.54 Å². The summed E-state index contributed by atoms with van der Waals surface area (Å²) in [5.41, 5.74) is 9.57. The van der Waals surface area contributed by atoms with E-state index in [4.69, 9.17) is 5.73 Å². The topological polar surface area (TPSA) is 38.9 Å². The fourth-order valence-corrected chi connectivity index (χ4v) is 2.50. The molecular formula is C10H9BrN2S. The Morgan fingerprint density at radius 1 is 1.43 bits per heavy atom. The normalized spacial score (nSPS) is 10.4. The highest BCUT2D eigenvalue weighted by Gasteiger charge is 2.06. The molecule has 1 aromatic carbocycles. The molecule has 2 N–H and O–H groups in total. The van der Waals surface area contributed by atoms with Gasteiger partial charge in [-0.3, -0.25) is 0 Å². The van der Waals surface area contributed by atoms with E-state index in [1.54, 1.807) is 11.3 Å². The highest BCUT2D eigenvalue weighted by Crippen LogP contribution is 2.29. The number of hydrogen-bond donors (Lipinski definition) is 1. The third kappa shape index (κ3) is 1.87. The first-order valence-electron chi connectivity index (χ1n) is 4.19. The zero-order valence-corrected chi connectivity index (χ0v) is 9.81. The van der Waals surface area contributed by atoms with Crippen LogP contribution in [-0.4, -0.2) is 4.98 Å². The Bertz CT molecular complexity index is 439. The lowest BCUT2D eigenvalue weighted by atomic mass is 10.1. The van der Waals surface area contributed by atoms with Gasteiger partial charge < -0.3 is 5.73 Å². The molecular weight excluding hydrogens is 260 g/mol. The minimum Gasteiger partial charge on any atom is -0.325 e. The molecule has 2 aromatic rings. The Balaban J connectivity index is 2.49. The molecule has 0 unspecified atom stereocenters. The van der Waals surface area contributed by atoms with Crippen LogP contribution in [0.1, 0.15) is 5.69 Å². The molecule has 0 saturated carbocycles. The Morgan fingerprint density at radius 2 is 2.29 bits per heavy atom. The smallest absolute Gasteiger partial charge is 0.0802 e. The van der Waals surface area contributed by atoms with Crippen LogP contribution in [0.3, 0.4) is 0 Å². The highest BCUT2D eigenvalue weighted by molar-refractivity contribution is 9.10. The average molecular weight is 269 g/mol. The predicted molar refractivity (Wildman–Crippen MR) is 63.1 cm³/mol. The molecule has 0 aliphatic rings. The maximum absolute atomic E-state index is 5.60. The van der Waals surface area contributed by atoms with Crippen LogP contribution in [0.15, 0.2) is 34.2 Å². The quantitative estimate of drug-likeness (QED) is 0.910. The molecule has 0 bridgehead atoms. The summed E-state index contributed by atoms with van der Waals surface area (Å²) in [6.07, 6.45) is 0. The maximum Gasteiger partial charge on any atom is 0.0802 e. The monoisotopic (exact) mass is 268 g/mol. The van der Waals surface area contributed by atoms with Crippen LogP contribution in [0, 0.1) is 0 Å². The van der Waals surface area contributed by atoms with E-state index >= 15 is 0 Å². The molecule has 72 valence electrons. The second-order valence-corrected chi connectivity index (χ2v) is 4.61. The molecule has 0 amide bonds. The first-order valence-corrected chi connectivity index (χ1v) is 5.87. The maximum atomic E-state index is 5.60. The lowest BCUT2D eigenvalue weighted by Crippen LogP contribution is -1.97. The van der Waals surface area contributed by atoms with Gasteiger partial charge in [0.1, 0.15) is 0 Å². The van der Waals surface area contributed by atoms with Crippen LogP contribution in [0.4, 0.5) is 0 Å². The van der Waals surface area contributed by atoms with Gasteiger partial charge in [-0.1, -0.05) is 28.1 Å². The first-order chi connectivity index (χ1) is 6.81. The van der Waals surface area contributed by atoms with Crippen LogP contribution in [0.5, 0.6) is 0 Å². The highest BCUT2D eigenvalue weighted by atomic mass is 79.9. The van der Waals surface area contributed by atoms with E-state index in [0.29, 0.717) is 6.54 Å². The summed E-state index contributed by atoms with van der Waals surface area (Å²) in [4.78, 5) is 5.38. The number of aromatic nitrogens is 1. The first kappa shape index (κ1) is 9.83. The van der Waals surface area contributed by atoms with Crippen molar-refractivity contribution in [1.82, 2.24) is 4.98 Å². The van der Waals surface area contributed by atoms with E-state index in [0.717, 1.165) is 15.0 Å². The number of nitrogens with two attached hydrogens (primary N) is 1. The van der Waals surface area contributed by atoms with Crippen molar-refractivity contribution >= 4 is 27.3 Å². The third-order valence-corrected chi connectivity index (χ3v) is 3.33. The second-order valence-electron chi connectivity index (χ2n) is 2.84. The standard InChI is InChI=1S/C10H9BrN2S/c11-8-3-1-2-7(4-8)10-9(5-12)13-6-14-10/h1-4,6H,5,12H2. The van der Waals surface area contributed by atoms with Gasteiger partial charge in [-0.15, -0.1) is 11.3 Å². The molecule has 1 aromatic heterocycles. The SMILES string of the molecule is NCc1ncsc1-c1cccc(Br)c1. The molecule has 0 atom stereocenters. The Kier molecular flexibility index (Phi) is 2.96. The van der Waals surface area contributed by atoms with Crippen LogP contribution >= 0.6 is 27.3 Å². The van der Waals surface area contributed by atoms with Crippen molar-refractivity contribution in [2.75, 3.05) is 0 Å². The molecule has 0 fully saturated rings. The summed E-state index contributed by atoms with van der Waals surface area (Å²) in [7, 11) is 0. The zero-order valence-electron chi connectivity index (χ0n) is 7.40. The van der Waals surface area contributed by atoms with Crippen molar-refractivity contribution in [3.8, 4) is 10.4 Å². The van der Waals surface area contributed by atoms with Gasteiger partial charge in [0.05, 0.1) is 16.1 Å². The summed E-state index contributed by atoms with van der Waals surface area (Å²) < 4.78 is 1.08. The molecule has 2 rings (SSSR count). The summed E-state index contributed by atoms with van der Waals surface area (Å²) in [6.45, 7) is 0.491. The number of nitrogens with zero attached hydrogens (tertiary/aromatic N) is 1. The molecule has 14 heavy (non-hydrogen) atoms. The fourth-order valence-electron chi connectivity index (χ4n) is 1.28. The number of halogens is 1. The van der Waals surface area contributed by atoms with Gasteiger partial charge in [0.25, 0.3) is 0 Å². The van der Waals surface area contributed by atoms with Crippen molar-refractivity contribution in [3.05, 3.63) is 39.9 Å². The molecule has 1 heterocycles. The number of thiazole rings is 1. The molecule has 0 aliphatic carbocycles. The molecule has 0 aliphatic heterocycles. The van der Waals surface area contributed by atoms with Gasteiger partial charge in [0.15, 0.2) is 0 Å². The number of rotatable bonds is 2. The van der Waals surface area contributed by atoms with Crippen molar-refractivity contribution in [1.29, 1.82) is 0 Å². The van der Waals surface area contributed by atoms with E-state index in [1.165, 1.54) is 5.56 Å². The van der Waals surface area contributed by atoms with E-state index in [1.807, 2.05) is 17.6 Å². The van der Waals surface area contributed by atoms with Crippen LogP contribution < -0.4 is 5.73 Å². The molecule has 4 heteroatoms. The van der Waals surface area contributed by atoms with Crippen molar-refractivity contribution in [2.24, 2.45) is 5.73 Å². The minimum absolute atomic E-state index is 0.491. The van der Waals surface area contributed by atoms with Gasteiger partial charge in [-0.25, -0.2) is 4.98 Å². The average Bonchev–Trinajstić information content (AvgIpc) is 2.65. The van der Waals surface area contributed by atoms with Gasteiger partial charge in [-0.2, -0.15) is 0 Å². The van der Waals surface area contributed by atoms with E-state index in [9.17, 15) is 0 Å². The van der Waals surface area contributed by atoms with E-state index < -0.39 is 0 Å². The summed E-state index contributed by atoms with van der Waals surface area (Å²) in [5, 5.41) is 0. The lowest BCUT2D eigenvalue weighted by Gasteiger charge is -2.00. The van der Waals surface area contributed by atoms with Crippen LogP contribution in [0.2, 0.25) is 0 Å². The largest absolute Gasteiger partial charge is 0.325 e.